The molecular weight excluding hydrogens is 396 g/mol. The minimum absolute atomic E-state index is 0.0682. The Morgan fingerprint density at radius 2 is 1.97 bits per heavy atom. The normalized spacial score (nSPS) is 17.5. The maximum Gasteiger partial charge on any atom is 0.231 e. The van der Waals surface area contributed by atoms with Gasteiger partial charge in [-0.25, -0.2) is 0 Å². The first kappa shape index (κ1) is 19.4. The summed E-state index contributed by atoms with van der Waals surface area (Å²) >= 11 is 5.85. The van der Waals surface area contributed by atoms with Crippen LogP contribution in [0.4, 0.5) is 5.69 Å². The summed E-state index contributed by atoms with van der Waals surface area (Å²) in [6, 6.07) is 12.4. The summed E-state index contributed by atoms with van der Waals surface area (Å²) in [6.07, 6.45) is 0.190. The Bertz CT molecular complexity index is 918. The van der Waals surface area contributed by atoms with Gasteiger partial charge < -0.3 is 24.0 Å². The lowest BCUT2D eigenvalue weighted by Crippen LogP contribution is -2.37. The van der Waals surface area contributed by atoms with Crippen molar-refractivity contribution >= 4 is 29.1 Å². The number of benzene rings is 2. The van der Waals surface area contributed by atoms with Crippen LogP contribution in [0.5, 0.6) is 17.2 Å². The van der Waals surface area contributed by atoms with Gasteiger partial charge in [0.05, 0.1) is 12.5 Å². The number of hydrogen-bond donors (Lipinski definition) is 0. The van der Waals surface area contributed by atoms with Crippen molar-refractivity contribution < 1.29 is 23.8 Å². The van der Waals surface area contributed by atoms with Gasteiger partial charge in [0.2, 0.25) is 18.6 Å². The Kier molecular flexibility index (Phi) is 5.49. The smallest absolute Gasteiger partial charge is 0.231 e. The van der Waals surface area contributed by atoms with Crippen molar-refractivity contribution in [1.82, 2.24) is 4.90 Å². The second-order valence-corrected chi connectivity index (χ2v) is 7.44. The van der Waals surface area contributed by atoms with Gasteiger partial charge >= 0.3 is 0 Å². The average molecular weight is 417 g/mol. The number of likely N-dealkylation sites (N-methyl/N-ethyl adjacent to an activating group) is 1. The van der Waals surface area contributed by atoms with E-state index in [9.17, 15) is 9.59 Å². The molecule has 0 aliphatic carbocycles. The predicted octanol–water partition coefficient (Wildman–Crippen LogP) is 2.96. The number of carbonyl (C=O) groups is 2. The monoisotopic (exact) mass is 416 g/mol. The van der Waals surface area contributed by atoms with Crippen LogP contribution in [0.25, 0.3) is 0 Å². The van der Waals surface area contributed by atoms with Crippen LogP contribution in [0.15, 0.2) is 42.5 Å². The number of nitrogens with zero attached hydrogens (tertiary/aromatic N) is 2. The van der Waals surface area contributed by atoms with E-state index in [1.807, 2.05) is 6.07 Å². The van der Waals surface area contributed by atoms with Gasteiger partial charge in [-0.3, -0.25) is 9.59 Å². The van der Waals surface area contributed by atoms with Crippen LogP contribution < -0.4 is 19.1 Å². The van der Waals surface area contributed by atoms with Crippen LogP contribution in [-0.2, 0) is 9.59 Å². The quantitative estimate of drug-likeness (QED) is 0.724. The molecule has 2 aliphatic heterocycles. The molecule has 1 atom stereocenters. The second-order valence-electron chi connectivity index (χ2n) is 7.01. The molecule has 7 nitrogen and oxygen atoms in total. The van der Waals surface area contributed by atoms with Gasteiger partial charge in [0, 0.05) is 36.8 Å². The molecule has 0 bridgehead atoms. The molecule has 8 heteroatoms. The second kappa shape index (κ2) is 8.21. The molecule has 2 amide bonds. The maximum atomic E-state index is 12.8. The molecule has 0 saturated carbocycles. The van der Waals surface area contributed by atoms with Crippen molar-refractivity contribution in [2.45, 2.75) is 6.42 Å². The SMILES string of the molecule is CN(CCOc1ccc(Cl)cc1)C(=O)C1CC(=O)N(c2ccc3c(c2)OCO3)C1. The molecular formula is C21H21ClN2O5. The van der Waals surface area contributed by atoms with Crippen molar-refractivity contribution in [1.29, 1.82) is 0 Å². The van der Waals surface area contributed by atoms with Gasteiger partial charge in [-0.15, -0.1) is 0 Å². The summed E-state index contributed by atoms with van der Waals surface area (Å²) in [5.41, 5.74) is 0.711. The third-order valence-corrected chi connectivity index (χ3v) is 5.28. The third-order valence-electron chi connectivity index (χ3n) is 5.03. The summed E-state index contributed by atoms with van der Waals surface area (Å²) in [4.78, 5) is 28.5. The van der Waals surface area contributed by atoms with Crippen LogP contribution in [-0.4, -0.2) is 50.3 Å². The van der Waals surface area contributed by atoms with Gasteiger partial charge in [0.15, 0.2) is 11.5 Å². The van der Waals surface area contributed by atoms with Crippen LogP contribution in [0.1, 0.15) is 6.42 Å². The van der Waals surface area contributed by atoms with Crippen LogP contribution in [0, 0.1) is 5.92 Å². The molecule has 2 aliphatic rings. The standard InChI is InChI=1S/C21H21ClN2O5/c1-23(8-9-27-17-5-2-15(22)3-6-17)21(26)14-10-20(25)24(12-14)16-4-7-18-19(11-16)29-13-28-18/h2-7,11,14H,8-10,12-13H2,1H3. The third kappa shape index (κ3) is 4.24. The molecule has 1 saturated heterocycles. The number of rotatable bonds is 6. The molecule has 0 aromatic heterocycles. The number of fused-ring (bicyclic) bond motifs is 1. The molecule has 2 aromatic rings. The van der Waals surface area contributed by atoms with E-state index >= 15 is 0 Å². The van der Waals surface area contributed by atoms with Crippen molar-refractivity contribution in [2.24, 2.45) is 5.92 Å². The lowest BCUT2D eigenvalue weighted by Gasteiger charge is -2.21. The van der Waals surface area contributed by atoms with Gasteiger partial charge in [0.1, 0.15) is 12.4 Å². The fraction of sp³-hybridized carbons (Fsp3) is 0.333. The summed E-state index contributed by atoms with van der Waals surface area (Å²) in [6.45, 7) is 1.31. The Balaban J connectivity index is 1.32. The van der Waals surface area contributed by atoms with Crippen LogP contribution in [0.3, 0.4) is 0 Å². The first-order valence-electron chi connectivity index (χ1n) is 9.34. The summed E-state index contributed by atoms with van der Waals surface area (Å²) < 4.78 is 16.3. The Hall–Kier alpha value is -2.93. The molecule has 0 N–H and O–H groups in total. The predicted molar refractivity (Wildman–Crippen MR) is 108 cm³/mol. The highest BCUT2D eigenvalue weighted by atomic mass is 35.5. The summed E-state index contributed by atoms with van der Waals surface area (Å²) in [7, 11) is 1.72. The average Bonchev–Trinajstić information content (AvgIpc) is 3.34. The highest BCUT2D eigenvalue weighted by Gasteiger charge is 2.36. The largest absolute Gasteiger partial charge is 0.492 e. The summed E-state index contributed by atoms with van der Waals surface area (Å²) in [5.74, 6) is 1.44. The molecule has 1 unspecified atom stereocenters. The highest BCUT2D eigenvalue weighted by molar-refractivity contribution is 6.30. The van der Waals surface area contributed by atoms with Crippen molar-refractivity contribution in [3.63, 3.8) is 0 Å². The zero-order valence-corrected chi connectivity index (χ0v) is 16.7. The van der Waals surface area contributed by atoms with E-state index in [-0.39, 0.29) is 30.9 Å². The molecule has 0 radical (unpaired) electrons. The number of ether oxygens (including phenoxy) is 3. The van der Waals surface area contributed by atoms with E-state index in [1.54, 1.807) is 53.2 Å². The molecule has 4 rings (SSSR count). The van der Waals surface area contributed by atoms with Gasteiger partial charge in [-0.1, -0.05) is 11.6 Å². The van der Waals surface area contributed by atoms with E-state index < -0.39 is 0 Å². The number of anilines is 1. The first-order valence-corrected chi connectivity index (χ1v) is 9.72. The van der Waals surface area contributed by atoms with Gasteiger partial charge in [0.25, 0.3) is 0 Å². The Morgan fingerprint density at radius 1 is 1.21 bits per heavy atom. The van der Waals surface area contributed by atoms with Crippen molar-refractivity contribution in [3.05, 3.63) is 47.5 Å². The van der Waals surface area contributed by atoms with E-state index in [1.165, 1.54) is 0 Å². The van der Waals surface area contributed by atoms with E-state index in [0.29, 0.717) is 47.7 Å². The number of amides is 2. The zero-order chi connectivity index (χ0) is 20.4. The minimum atomic E-state index is -0.381. The fourth-order valence-corrected chi connectivity index (χ4v) is 3.55. The molecule has 2 aromatic carbocycles. The topological polar surface area (TPSA) is 68.3 Å². The molecule has 1 fully saturated rings. The molecule has 0 spiro atoms. The molecule has 29 heavy (non-hydrogen) atoms. The Labute approximate surface area is 173 Å². The van der Waals surface area contributed by atoms with E-state index in [4.69, 9.17) is 25.8 Å². The van der Waals surface area contributed by atoms with Crippen molar-refractivity contribution in [3.8, 4) is 17.2 Å². The minimum Gasteiger partial charge on any atom is -0.492 e. The van der Waals surface area contributed by atoms with Crippen molar-refractivity contribution in [2.75, 3.05) is 38.4 Å². The lowest BCUT2D eigenvalue weighted by atomic mass is 10.1. The highest BCUT2D eigenvalue weighted by Crippen LogP contribution is 2.37. The van der Waals surface area contributed by atoms with E-state index in [2.05, 4.69) is 0 Å². The number of halogens is 1. The number of hydrogen-bond acceptors (Lipinski definition) is 5. The number of carbonyl (C=O) groups excluding carboxylic acids is 2. The van der Waals surface area contributed by atoms with Crippen LogP contribution in [0.2, 0.25) is 5.02 Å². The van der Waals surface area contributed by atoms with Gasteiger partial charge in [-0.05, 0) is 36.4 Å². The van der Waals surface area contributed by atoms with Crippen LogP contribution >= 0.6 is 11.6 Å². The zero-order valence-electron chi connectivity index (χ0n) is 16.0. The fourth-order valence-electron chi connectivity index (χ4n) is 3.43. The lowest BCUT2D eigenvalue weighted by molar-refractivity contribution is -0.134. The summed E-state index contributed by atoms with van der Waals surface area (Å²) in [5, 5.41) is 0.641. The van der Waals surface area contributed by atoms with E-state index in [0.717, 1.165) is 0 Å². The van der Waals surface area contributed by atoms with Gasteiger partial charge in [-0.2, -0.15) is 0 Å². The Morgan fingerprint density at radius 3 is 2.76 bits per heavy atom. The maximum absolute atomic E-state index is 12.8. The first-order chi connectivity index (χ1) is 14.0. The molecule has 2 heterocycles. The molecule has 152 valence electrons.